The van der Waals surface area contributed by atoms with E-state index in [-0.39, 0.29) is 5.82 Å². The van der Waals surface area contributed by atoms with E-state index < -0.39 is 6.10 Å². The number of hydrogen-bond acceptors (Lipinski definition) is 2. The number of benzene rings is 1. The Morgan fingerprint density at radius 3 is 2.63 bits per heavy atom. The molecule has 1 aliphatic carbocycles. The molecule has 19 heavy (non-hydrogen) atoms. The summed E-state index contributed by atoms with van der Waals surface area (Å²) in [6.07, 6.45) is 4.12. The third kappa shape index (κ3) is 2.92. The molecule has 1 fully saturated rings. The first-order chi connectivity index (χ1) is 9.02. The van der Waals surface area contributed by atoms with E-state index in [4.69, 9.17) is 0 Å². The molecule has 0 amide bonds. The minimum absolute atomic E-state index is 0.317. The summed E-state index contributed by atoms with van der Waals surface area (Å²) in [4.78, 5) is 2.16. The number of rotatable bonds is 3. The molecule has 1 aromatic rings. The maximum absolute atomic E-state index is 13.9. The van der Waals surface area contributed by atoms with E-state index >= 15 is 0 Å². The van der Waals surface area contributed by atoms with Crippen molar-refractivity contribution in [3.05, 3.63) is 29.6 Å². The maximum atomic E-state index is 13.9. The summed E-state index contributed by atoms with van der Waals surface area (Å²) in [5, 5.41) is 9.83. The predicted molar refractivity (Wildman–Crippen MR) is 76.9 cm³/mol. The van der Waals surface area contributed by atoms with Crippen molar-refractivity contribution in [3.63, 3.8) is 0 Å². The van der Waals surface area contributed by atoms with Crippen LogP contribution in [0.3, 0.4) is 0 Å². The van der Waals surface area contributed by atoms with Gasteiger partial charge in [-0.25, -0.2) is 4.39 Å². The maximum Gasteiger partial charge on any atom is 0.131 e. The summed E-state index contributed by atoms with van der Waals surface area (Å²) >= 11 is 0. The van der Waals surface area contributed by atoms with E-state index in [9.17, 15) is 9.50 Å². The molecule has 1 N–H and O–H groups in total. The van der Waals surface area contributed by atoms with E-state index in [1.165, 1.54) is 25.3 Å². The molecular formula is C16H24FNO. The van der Waals surface area contributed by atoms with E-state index in [0.29, 0.717) is 17.5 Å². The van der Waals surface area contributed by atoms with Crippen molar-refractivity contribution < 1.29 is 9.50 Å². The fourth-order valence-electron chi connectivity index (χ4n) is 3.30. The number of halogens is 1. The highest BCUT2D eigenvalue weighted by atomic mass is 19.1. The van der Waals surface area contributed by atoms with Crippen LogP contribution in [0.25, 0.3) is 0 Å². The van der Waals surface area contributed by atoms with E-state index in [2.05, 4.69) is 11.8 Å². The lowest BCUT2D eigenvalue weighted by Crippen LogP contribution is -2.39. The van der Waals surface area contributed by atoms with Crippen molar-refractivity contribution >= 4 is 5.69 Å². The van der Waals surface area contributed by atoms with Crippen LogP contribution in [0.1, 0.15) is 51.2 Å². The van der Waals surface area contributed by atoms with Gasteiger partial charge in [-0.3, -0.25) is 0 Å². The first-order valence-corrected chi connectivity index (χ1v) is 7.21. The number of hydrogen-bond donors (Lipinski definition) is 1. The van der Waals surface area contributed by atoms with Crippen LogP contribution in [-0.4, -0.2) is 18.2 Å². The summed E-state index contributed by atoms with van der Waals surface area (Å²) in [6.45, 7) is 3.89. The molecule has 2 rings (SSSR count). The highest BCUT2D eigenvalue weighted by molar-refractivity contribution is 5.55. The van der Waals surface area contributed by atoms with Gasteiger partial charge in [-0.15, -0.1) is 0 Å². The van der Waals surface area contributed by atoms with Gasteiger partial charge >= 0.3 is 0 Å². The first-order valence-electron chi connectivity index (χ1n) is 7.21. The highest BCUT2D eigenvalue weighted by Crippen LogP contribution is 2.34. The SMILES string of the molecule is CC1CCCCC1N(C)c1cccc(F)c1[C@@H](C)O. The van der Waals surface area contributed by atoms with Crippen molar-refractivity contribution in [2.45, 2.75) is 51.7 Å². The molecule has 0 spiro atoms. The first kappa shape index (κ1) is 14.3. The topological polar surface area (TPSA) is 23.5 Å². The lowest BCUT2D eigenvalue weighted by molar-refractivity contribution is 0.194. The molecule has 1 aliphatic rings. The van der Waals surface area contributed by atoms with Crippen molar-refractivity contribution in [2.24, 2.45) is 5.92 Å². The normalized spacial score (nSPS) is 25.1. The molecule has 1 saturated carbocycles. The van der Waals surface area contributed by atoms with Gasteiger partial charge in [0.2, 0.25) is 0 Å². The Kier molecular flexibility index (Phi) is 4.46. The lowest BCUT2D eigenvalue weighted by Gasteiger charge is -2.38. The third-order valence-electron chi connectivity index (χ3n) is 4.39. The Bertz CT molecular complexity index is 433. The zero-order valence-electron chi connectivity index (χ0n) is 12.1. The van der Waals surface area contributed by atoms with E-state index in [1.807, 2.05) is 13.1 Å². The van der Waals surface area contributed by atoms with Crippen LogP contribution in [0.4, 0.5) is 10.1 Å². The number of aliphatic hydroxyl groups is 1. The quantitative estimate of drug-likeness (QED) is 0.896. The van der Waals surface area contributed by atoms with Crippen LogP contribution in [0.2, 0.25) is 0 Å². The molecule has 3 atom stereocenters. The monoisotopic (exact) mass is 265 g/mol. The second kappa shape index (κ2) is 5.91. The average Bonchev–Trinajstić information content (AvgIpc) is 2.37. The van der Waals surface area contributed by atoms with Gasteiger partial charge in [-0.2, -0.15) is 0 Å². The molecule has 0 radical (unpaired) electrons. The fraction of sp³-hybridized carbons (Fsp3) is 0.625. The van der Waals surface area contributed by atoms with Gasteiger partial charge in [0.1, 0.15) is 5.82 Å². The molecule has 1 aromatic carbocycles. The highest BCUT2D eigenvalue weighted by Gasteiger charge is 2.27. The van der Waals surface area contributed by atoms with Crippen LogP contribution in [0.15, 0.2) is 18.2 Å². The van der Waals surface area contributed by atoms with Crippen LogP contribution in [0.5, 0.6) is 0 Å². The molecule has 0 aliphatic heterocycles. The van der Waals surface area contributed by atoms with Gasteiger partial charge in [0, 0.05) is 24.3 Å². The second-order valence-electron chi connectivity index (χ2n) is 5.79. The summed E-state index contributed by atoms with van der Waals surface area (Å²) in [7, 11) is 2.02. The molecule has 0 aromatic heterocycles. The second-order valence-corrected chi connectivity index (χ2v) is 5.79. The Balaban J connectivity index is 2.32. The zero-order chi connectivity index (χ0) is 14.0. The molecule has 0 bridgehead atoms. The van der Waals surface area contributed by atoms with Gasteiger partial charge in [-0.05, 0) is 37.8 Å². The van der Waals surface area contributed by atoms with Crippen LogP contribution in [0, 0.1) is 11.7 Å². The number of nitrogens with zero attached hydrogens (tertiary/aromatic N) is 1. The van der Waals surface area contributed by atoms with Gasteiger partial charge in [0.25, 0.3) is 0 Å². The molecule has 2 unspecified atom stereocenters. The van der Waals surface area contributed by atoms with Gasteiger partial charge in [0.15, 0.2) is 0 Å². The Morgan fingerprint density at radius 1 is 1.32 bits per heavy atom. The molecule has 2 nitrogen and oxygen atoms in total. The third-order valence-corrected chi connectivity index (χ3v) is 4.39. The van der Waals surface area contributed by atoms with Crippen molar-refractivity contribution in [2.75, 3.05) is 11.9 Å². The molecule has 0 saturated heterocycles. The van der Waals surface area contributed by atoms with Gasteiger partial charge < -0.3 is 10.0 Å². The smallest absolute Gasteiger partial charge is 0.131 e. The van der Waals surface area contributed by atoms with Crippen molar-refractivity contribution in [1.29, 1.82) is 0 Å². The standard InChI is InChI=1S/C16H24FNO/c1-11-7-4-5-9-14(11)18(3)15-10-6-8-13(17)16(15)12(2)19/h6,8,10-12,14,19H,4-5,7,9H2,1-3H3/t11?,12-,14?/m1/s1. The minimum atomic E-state index is -0.780. The Labute approximate surface area is 115 Å². The lowest BCUT2D eigenvalue weighted by atomic mass is 9.84. The number of anilines is 1. The largest absolute Gasteiger partial charge is 0.389 e. The molecular weight excluding hydrogens is 241 g/mol. The summed E-state index contributed by atoms with van der Waals surface area (Å²) in [5.41, 5.74) is 1.25. The Hall–Kier alpha value is -1.09. The Morgan fingerprint density at radius 2 is 2.00 bits per heavy atom. The summed E-state index contributed by atoms with van der Waals surface area (Å²) in [6, 6.07) is 5.49. The van der Waals surface area contributed by atoms with E-state index in [1.54, 1.807) is 13.0 Å². The molecule has 0 heterocycles. The number of aliphatic hydroxyl groups excluding tert-OH is 1. The van der Waals surface area contributed by atoms with Crippen LogP contribution in [-0.2, 0) is 0 Å². The van der Waals surface area contributed by atoms with Crippen LogP contribution < -0.4 is 4.90 Å². The van der Waals surface area contributed by atoms with E-state index in [0.717, 1.165) is 12.1 Å². The van der Waals surface area contributed by atoms with Crippen molar-refractivity contribution in [1.82, 2.24) is 0 Å². The molecule has 106 valence electrons. The average molecular weight is 265 g/mol. The fourth-order valence-corrected chi connectivity index (χ4v) is 3.30. The zero-order valence-corrected chi connectivity index (χ0v) is 12.1. The van der Waals surface area contributed by atoms with Crippen LogP contribution >= 0.6 is 0 Å². The summed E-state index contributed by atoms with van der Waals surface area (Å²) < 4.78 is 13.9. The van der Waals surface area contributed by atoms with Crippen molar-refractivity contribution in [3.8, 4) is 0 Å². The summed E-state index contributed by atoms with van der Waals surface area (Å²) in [5.74, 6) is 0.298. The molecule has 3 heteroatoms. The minimum Gasteiger partial charge on any atom is -0.389 e. The predicted octanol–water partition coefficient (Wildman–Crippen LogP) is 3.89. The van der Waals surface area contributed by atoms with Gasteiger partial charge in [0.05, 0.1) is 6.10 Å². The van der Waals surface area contributed by atoms with Gasteiger partial charge in [-0.1, -0.05) is 25.8 Å².